The number of Topliss-reactive ketones (excluding diaryl/α,β-unsaturated/α-hetero) is 1. The molecule has 5 rings (SSSR count). The molecule has 0 aromatic heterocycles. The van der Waals surface area contributed by atoms with Crippen LogP contribution in [0.15, 0.2) is 121 Å². The first-order chi connectivity index (χ1) is 16.7. The number of benzene rings is 4. The van der Waals surface area contributed by atoms with Crippen LogP contribution >= 0.6 is 0 Å². The van der Waals surface area contributed by atoms with Gasteiger partial charge in [-0.05, 0) is 28.5 Å². The molecule has 170 valence electrons. The van der Waals surface area contributed by atoms with Crippen LogP contribution in [0.1, 0.15) is 45.9 Å². The highest BCUT2D eigenvalue weighted by Crippen LogP contribution is 2.48. The lowest BCUT2D eigenvalue weighted by Gasteiger charge is -2.48. The van der Waals surface area contributed by atoms with Gasteiger partial charge in [-0.2, -0.15) is 0 Å². The number of rotatable bonds is 6. The van der Waals surface area contributed by atoms with Crippen molar-refractivity contribution in [3.05, 3.63) is 144 Å². The summed E-state index contributed by atoms with van der Waals surface area (Å²) in [6.07, 6.45) is 0. The van der Waals surface area contributed by atoms with Gasteiger partial charge in [0.2, 0.25) is 0 Å². The fourth-order valence-corrected chi connectivity index (χ4v) is 5.79. The average Bonchev–Trinajstić information content (AvgIpc) is 2.90. The van der Waals surface area contributed by atoms with Crippen LogP contribution in [0.4, 0.5) is 0 Å². The van der Waals surface area contributed by atoms with Crippen LogP contribution in [-0.2, 0) is 6.54 Å². The summed E-state index contributed by atoms with van der Waals surface area (Å²) >= 11 is 0. The molecule has 4 aromatic rings. The van der Waals surface area contributed by atoms with E-state index in [1.807, 2.05) is 30.3 Å². The minimum Gasteiger partial charge on any atom is -0.294 e. The molecule has 0 bridgehead atoms. The van der Waals surface area contributed by atoms with E-state index in [2.05, 4.69) is 103 Å². The number of ketones is 1. The number of nitrogens with zero attached hydrogens (tertiary/aromatic N) is 1. The zero-order valence-electron chi connectivity index (χ0n) is 19.6. The molecule has 0 amide bonds. The van der Waals surface area contributed by atoms with Gasteiger partial charge in [-0.25, -0.2) is 0 Å². The SMILES string of the molecule is C[C@H]1[C@@H](c2ccccc2)[C@@H](C(=O)c2ccccc2)CN(Cc2ccccc2)[C@@H]1c1ccccc1. The second-order valence-electron chi connectivity index (χ2n) is 9.40. The zero-order valence-corrected chi connectivity index (χ0v) is 19.6. The highest BCUT2D eigenvalue weighted by molar-refractivity contribution is 5.98. The molecule has 1 aliphatic rings. The van der Waals surface area contributed by atoms with E-state index in [-0.39, 0.29) is 29.6 Å². The predicted molar refractivity (Wildman–Crippen MR) is 139 cm³/mol. The molecule has 0 saturated carbocycles. The van der Waals surface area contributed by atoms with E-state index in [0.29, 0.717) is 0 Å². The predicted octanol–water partition coefficient (Wildman–Crippen LogP) is 7.16. The van der Waals surface area contributed by atoms with Gasteiger partial charge >= 0.3 is 0 Å². The third-order valence-electron chi connectivity index (χ3n) is 7.27. The minimum atomic E-state index is -0.108. The van der Waals surface area contributed by atoms with Gasteiger partial charge in [-0.15, -0.1) is 0 Å². The van der Waals surface area contributed by atoms with Crippen molar-refractivity contribution in [3.8, 4) is 0 Å². The first kappa shape index (κ1) is 22.3. The van der Waals surface area contributed by atoms with Gasteiger partial charge in [0.25, 0.3) is 0 Å². The lowest BCUT2D eigenvalue weighted by atomic mass is 9.67. The summed E-state index contributed by atoms with van der Waals surface area (Å²) in [4.78, 5) is 16.5. The number of likely N-dealkylation sites (tertiary alicyclic amines) is 1. The maximum absolute atomic E-state index is 13.9. The van der Waals surface area contributed by atoms with Crippen molar-refractivity contribution >= 4 is 5.78 Å². The molecule has 0 unspecified atom stereocenters. The van der Waals surface area contributed by atoms with E-state index in [1.165, 1.54) is 16.7 Å². The summed E-state index contributed by atoms with van der Waals surface area (Å²) in [5.74, 6) is 0.542. The Morgan fingerprint density at radius 2 is 1.21 bits per heavy atom. The van der Waals surface area contributed by atoms with Gasteiger partial charge in [-0.1, -0.05) is 128 Å². The van der Waals surface area contributed by atoms with Gasteiger partial charge in [0.1, 0.15) is 0 Å². The number of carbonyl (C=O) groups is 1. The Labute approximate surface area is 202 Å². The number of hydrogen-bond donors (Lipinski definition) is 0. The van der Waals surface area contributed by atoms with E-state index in [4.69, 9.17) is 0 Å². The number of piperidine rings is 1. The van der Waals surface area contributed by atoms with Crippen LogP contribution in [-0.4, -0.2) is 17.2 Å². The molecule has 2 heteroatoms. The molecule has 1 saturated heterocycles. The molecule has 0 radical (unpaired) electrons. The van der Waals surface area contributed by atoms with E-state index in [1.54, 1.807) is 0 Å². The lowest BCUT2D eigenvalue weighted by Crippen LogP contribution is -2.48. The molecule has 0 N–H and O–H groups in total. The Kier molecular flexibility index (Phi) is 6.69. The smallest absolute Gasteiger partial charge is 0.167 e. The summed E-state index contributed by atoms with van der Waals surface area (Å²) in [6.45, 7) is 3.88. The monoisotopic (exact) mass is 445 g/mol. The van der Waals surface area contributed by atoms with Gasteiger partial charge in [0, 0.05) is 30.6 Å². The Bertz CT molecular complexity index is 1190. The average molecular weight is 446 g/mol. The molecule has 2 nitrogen and oxygen atoms in total. The molecular weight excluding hydrogens is 414 g/mol. The van der Waals surface area contributed by atoms with E-state index >= 15 is 0 Å². The summed E-state index contributed by atoms with van der Waals surface area (Å²) in [6, 6.07) is 42.1. The van der Waals surface area contributed by atoms with Crippen LogP contribution in [0.3, 0.4) is 0 Å². The quantitative estimate of drug-likeness (QED) is 0.293. The topological polar surface area (TPSA) is 20.3 Å². The molecule has 4 aromatic carbocycles. The third-order valence-corrected chi connectivity index (χ3v) is 7.27. The lowest BCUT2D eigenvalue weighted by molar-refractivity contribution is 0.0321. The Morgan fingerprint density at radius 1 is 0.706 bits per heavy atom. The van der Waals surface area contributed by atoms with Gasteiger partial charge in [-0.3, -0.25) is 9.69 Å². The van der Waals surface area contributed by atoms with E-state index in [9.17, 15) is 4.79 Å². The second-order valence-corrected chi connectivity index (χ2v) is 9.40. The highest BCUT2D eigenvalue weighted by atomic mass is 16.1. The van der Waals surface area contributed by atoms with E-state index in [0.717, 1.165) is 18.7 Å². The van der Waals surface area contributed by atoms with Crippen molar-refractivity contribution in [1.82, 2.24) is 4.90 Å². The zero-order chi connectivity index (χ0) is 23.3. The Hall–Kier alpha value is -3.49. The van der Waals surface area contributed by atoms with Crippen molar-refractivity contribution < 1.29 is 4.79 Å². The normalized spacial score (nSPS) is 22.9. The molecule has 1 fully saturated rings. The summed E-state index contributed by atoms with van der Waals surface area (Å²) in [5.41, 5.74) is 4.65. The molecule has 4 atom stereocenters. The second kappa shape index (κ2) is 10.2. The van der Waals surface area contributed by atoms with Crippen LogP contribution in [0.25, 0.3) is 0 Å². The maximum Gasteiger partial charge on any atom is 0.167 e. The largest absolute Gasteiger partial charge is 0.294 e. The fourth-order valence-electron chi connectivity index (χ4n) is 5.79. The van der Waals surface area contributed by atoms with Gasteiger partial charge in [0.05, 0.1) is 0 Å². The van der Waals surface area contributed by atoms with Crippen LogP contribution in [0.2, 0.25) is 0 Å². The molecular formula is C32H31NO. The Balaban J connectivity index is 1.59. The van der Waals surface area contributed by atoms with Crippen molar-refractivity contribution in [2.75, 3.05) is 6.54 Å². The first-order valence-corrected chi connectivity index (χ1v) is 12.2. The van der Waals surface area contributed by atoms with Crippen molar-refractivity contribution in [2.45, 2.75) is 25.4 Å². The van der Waals surface area contributed by atoms with Crippen LogP contribution in [0.5, 0.6) is 0 Å². The van der Waals surface area contributed by atoms with Gasteiger partial charge < -0.3 is 0 Å². The summed E-state index contributed by atoms with van der Waals surface area (Å²) in [5, 5.41) is 0. The summed E-state index contributed by atoms with van der Waals surface area (Å²) < 4.78 is 0. The van der Waals surface area contributed by atoms with E-state index < -0.39 is 0 Å². The third kappa shape index (κ3) is 4.60. The minimum absolute atomic E-state index is 0.108. The molecule has 0 spiro atoms. The molecule has 34 heavy (non-hydrogen) atoms. The number of hydrogen-bond acceptors (Lipinski definition) is 2. The van der Waals surface area contributed by atoms with Crippen molar-refractivity contribution in [2.24, 2.45) is 11.8 Å². The van der Waals surface area contributed by atoms with Crippen molar-refractivity contribution in [3.63, 3.8) is 0 Å². The van der Waals surface area contributed by atoms with Gasteiger partial charge in [0.15, 0.2) is 5.78 Å². The number of carbonyl (C=O) groups excluding carboxylic acids is 1. The molecule has 1 heterocycles. The maximum atomic E-state index is 13.9. The molecule has 1 aliphatic heterocycles. The first-order valence-electron chi connectivity index (χ1n) is 12.2. The van der Waals surface area contributed by atoms with Crippen LogP contribution < -0.4 is 0 Å². The van der Waals surface area contributed by atoms with Crippen LogP contribution in [0, 0.1) is 11.8 Å². The van der Waals surface area contributed by atoms with Crippen molar-refractivity contribution in [1.29, 1.82) is 0 Å². The highest BCUT2D eigenvalue weighted by Gasteiger charge is 2.45. The standard InChI is InChI=1S/C32H31NO/c1-24-30(26-16-8-3-9-17-26)29(32(34)28-20-12-5-13-21-28)23-33(22-25-14-6-2-7-15-25)31(24)27-18-10-4-11-19-27/h2-21,24,29-31H,22-23H2,1H3/t24-,29-,30-,31-/m0/s1. The fraction of sp³-hybridized carbons (Fsp3) is 0.219. The Morgan fingerprint density at radius 3 is 1.79 bits per heavy atom. The summed E-state index contributed by atoms with van der Waals surface area (Å²) in [7, 11) is 0. The molecule has 0 aliphatic carbocycles.